The van der Waals surface area contributed by atoms with Crippen LogP contribution in [0.5, 0.6) is 5.75 Å². The molecule has 1 aliphatic heterocycles. The number of aliphatic carboxylic acids is 1. The molecule has 0 atom stereocenters. The molecule has 0 saturated heterocycles. The summed E-state index contributed by atoms with van der Waals surface area (Å²) in [6, 6.07) is 3.40. The maximum Gasteiger partial charge on any atom is 0.330 e. The molecule has 0 radical (unpaired) electrons. The molecule has 13 heteroatoms. The van der Waals surface area contributed by atoms with Gasteiger partial charge in [-0.3, -0.25) is 9.78 Å². The molecule has 1 aliphatic rings. The number of thiophene rings is 1. The Kier molecular flexibility index (Phi) is 5.85. The fourth-order valence-corrected chi connectivity index (χ4v) is 7.07. The van der Waals surface area contributed by atoms with Gasteiger partial charge in [-0.1, -0.05) is 0 Å². The summed E-state index contributed by atoms with van der Waals surface area (Å²) in [6.07, 6.45) is 4.53. The van der Waals surface area contributed by atoms with Gasteiger partial charge in [0.05, 0.1) is 29.4 Å². The third kappa shape index (κ3) is 3.60. The smallest absolute Gasteiger partial charge is 0.330 e. The molecular weight excluding hydrogens is 484 g/mol. The second-order valence-corrected chi connectivity index (χ2v) is 10.7. The minimum Gasteiger partial charge on any atom is -0.495 e. The van der Waals surface area contributed by atoms with Crippen LogP contribution in [0.2, 0.25) is 0 Å². The predicted octanol–water partition coefficient (Wildman–Crippen LogP) is 2.73. The van der Waals surface area contributed by atoms with Crippen molar-refractivity contribution >= 4 is 38.4 Å². The van der Waals surface area contributed by atoms with Crippen LogP contribution >= 0.6 is 11.3 Å². The van der Waals surface area contributed by atoms with E-state index in [9.17, 15) is 23.1 Å². The van der Waals surface area contributed by atoms with E-state index in [0.717, 1.165) is 15.6 Å². The number of carbonyl (C=O) groups excluding carboxylic acids is 1. The number of methoxy groups -OCH3 is 1. The molecule has 0 bridgehead atoms. The first-order chi connectivity index (χ1) is 16.0. The van der Waals surface area contributed by atoms with E-state index < -0.39 is 27.6 Å². The molecule has 3 aromatic rings. The topological polar surface area (TPSA) is 143 Å². The van der Waals surface area contributed by atoms with Crippen molar-refractivity contribution in [3.8, 4) is 16.5 Å². The van der Waals surface area contributed by atoms with Crippen LogP contribution < -0.4 is 9.04 Å². The highest BCUT2D eigenvalue weighted by Gasteiger charge is 2.53. The lowest BCUT2D eigenvalue weighted by atomic mass is 10.0. The summed E-state index contributed by atoms with van der Waals surface area (Å²) >= 11 is 1.04. The third-order valence-electron chi connectivity index (χ3n) is 5.54. The predicted molar refractivity (Wildman–Crippen MR) is 123 cm³/mol. The zero-order valence-corrected chi connectivity index (χ0v) is 20.4. The number of carbonyl (C=O) groups is 2. The van der Waals surface area contributed by atoms with Gasteiger partial charge >= 0.3 is 16.2 Å². The Bertz CT molecular complexity index is 1360. The number of oxazole rings is 1. The number of hydrogen-bond donors (Lipinski definition) is 1. The van der Waals surface area contributed by atoms with E-state index in [2.05, 4.69) is 9.97 Å². The number of pyridine rings is 1. The molecule has 180 valence electrons. The molecule has 3 aromatic heterocycles. The summed E-state index contributed by atoms with van der Waals surface area (Å²) in [6.45, 7) is 3.89. The molecule has 4 heterocycles. The van der Waals surface area contributed by atoms with Gasteiger partial charge in [0.25, 0.3) is 5.91 Å². The highest BCUT2D eigenvalue weighted by molar-refractivity contribution is 7.91. The Morgan fingerprint density at radius 2 is 2.03 bits per heavy atom. The van der Waals surface area contributed by atoms with Crippen LogP contribution in [0.4, 0.5) is 5.00 Å². The van der Waals surface area contributed by atoms with Crippen molar-refractivity contribution in [1.82, 2.24) is 14.3 Å². The molecule has 34 heavy (non-hydrogen) atoms. The Hall–Kier alpha value is -3.45. The van der Waals surface area contributed by atoms with Crippen molar-refractivity contribution in [2.45, 2.75) is 32.7 Å². The van der Waals surface area contributed by atoms with E-state index in [1.54, 1.807) is 25.3 Å². The van der Waals surface area contributed by atoms with E-state index in [-0.39, 0.29) is 29.4 Å². The van der Waals surface area contributed by atoms with Crippen molar-refractivity contribution in [1.29, 1.82) is 0 Å². The molecule has 0 unspecified atom stereocenters. The SMILES string of the molecule is COc1cccnc1CCN1c2sc(-c3ncco3)c(C)c2C(=O)N(C(C)(C)C(=O)O)S1(=O)=O. The third-order valence-corrected chi connectivity index (χ3v) is 8.96. The summed E-state index contributed by atoms with van der Waals surface area (Å²) in [5.74, 6) is -1.66. The van der Waals surface area contributed by atoms with Crippen LogP contribution in [-0.4, -0.2) is 58.9 Å². The number of hydrogen-bond acceptors (Lipinski definition) is 9. The molecule has 0 aliphatic carbocycles. The van der Waals surface area contributed by atoms with Gasteiger partial charge in [0.1, 0.15) is 17.0 Å². The van der Waals surface area contributed by atoms with E-state index in [0.29, 0.717) is 26.2 Å². The van der Waals surface area contributed by atoms with E-state index in [1.165, 1.54) is 33.4 Å². The lowest BCUT2D eigenvalue weighted by Crippen LogP contribution is -2.62. The fourth-order valence-electron chi connectivity index (χ4n) is 3.73. The first kappa shape index (κ1) is 23.7. The summed E-state index contributed by atoms with van der Waals surface area (Å²) in [4.78, 5) is 34.3. The highest BCUT2D eigenvalue weighted by atomic mass is 32.2. The Balaban J connectivity index is 1.88. The van der Waals surface area contributed by atoms with Crippen molar-refractivity contribution in [2.24, 2.45) is 0 Å². The van der Waals surface area contributed by atoms with Crippen LogP contribution in [0, 0.1) is 6.92 Å². The monoisotopic (exact) mass is 506 g/mol. The average molecular weight is 507 g/mol. The van der Waals surface area contributed by atoms with E-state index in [1.807, 2.05) is 0 Å². The zero-order valence-electron chi connectivity index (χ0n) is 18.8. The summed E-state index contributed by atoms with van der Waals surface area (Å²) in [5.41, 5.74) is -0.973. The fraction of sp³-hybridized carbons (Fsp3) is 0.333. The van der Waals surface area contributed by atoms with Crippen LogP contribution in [0.15, 0.2) is 35.2 Å². The number of nitrogens with zero attached hydrogens (tertiary/aromatic N) is 4. The number of aromatic nitrogens is 2. The summed E-state index contributed by atoms with van der Waals surface area (Å²) < 4.78 is 39.6. The van der Waals surface area contributed by atoms with E-state index >= 15 is 0 Å². The molecule has 0 fully saturated rings. The molecule has 1 amide bonds. The van der Waals surface area contributed by atoms with Crippen LogP contribution in [0.25, 0.3) is 10.8 Å². The maximum absolute atomic E-state index is 13.7. The van der Waals surface area contributed by atoms with Gasteiger partial charge in [-0.05, 0) is 38.5 Å². The van der Waals surface area contributed by atoms with Gasteiger partial charge in [-0.2, -0.15) is 8.42 Å². The Morgan fingerprint density at radius 1 is 1.29 bits per heavy atom. The number of anilines is 1. The van der Waals surface area contributed by atoms with Crippen molar-refractivity contribution in [3.05, 3.63) is 47.6 Å². The Morgan fingerprint density at radius 3 is 2.65 bits per heavy atom. The maximum atomic E-state index is 13.7. The minimum absolute atomic E-state index is 0.0929. The Labute approximate surface area is 199 Å². The standard InChI is InChI=1S/C21H22N4O7S2/c1-12-15-18(26)25(21(2,3)20(27)28)34(29,30)24(10-7-13-14(31-4)6-5-8-22-13)19(15)33-16(12)17-23-9-11-32-17/h5-6,8-9,11H,7,10H2,1-4H3,(H,27,28). The van der Waals surface area contributed by atoms with Gasteiger partial charge in [-0.25, -0.2) is 18.4 Å². The zero-order chi connectivity index (χ0) is 24.8. The lowest BCUT2D eigenvalue weighted by Gasteiger charge is -2.41. The number of carboxylic acid groups (broad SMARTS) is 1. The van der Waals surface area contributed by atoms with Gasteiger partial charge < -0.3 is 14.3 Å². The van der Waals surface area contributed by atoms with Gasteiger partial charge in [0.15, 0.2) is 5.54 Å². The second-order valence-electron chi connectivity index (χ2n) is 7.99. The summed E-state index contributed by atoms with van der Waals surface area (Å²) in [5, 5.41) is 9.92. The molecule has 0 spiro atoms. The minimum atomic E-state index is -4.56. The number of amides is 1. The highest BCUT2D eigenvalue weighted by Crippen LogP contribution is 2.47. The first-order valence-electron chi connectivity index (χ1n) is 10.1. The summed E-state index contributed by atoms with van der Waals surface area (Å²) in [7, 11) is -3.08. The number of rotatable bonds is 7. The molecule has 11 nitrogen and oxygen atoms in total. The van der Waals surface area contributed by atoms with Crippen LogP contribution in [0.3, 0.4) is 0 Å². The molecule has 0 aromatic carbocycles. The molecule has 0 saturated carbocycles. The van der Waals surface area contributed by atoms with Gasteiger partial charge in [0, 0.05) is 19.2 Å². The van der Waals surface area contributed by atoms with E-state index in [4.69, 9.17) is 9.15 Å². The van der Waals surface area contributed by atoms with Crippen LogP contribution in [0.1, 0.15) is 35.5 Å². The quantitative estimate of drug-likeness (QED) is 0.511. The largest absolute Gasteiger partial charge is 0.495 e. The molecular formula is C21H22N4O7S2. The van der Waals surface area contributed by atoms with Crippen molar-refractivity contribution in [2.75, 3.05) is 18.0 Å². The van der Waals surface area contributed by atoms with Crippen molar-refractivity contribution < 1.29 is 32.3 Å². The first-order valence-corrected chi connectivity index (χ1v) is 12.3. The van der Waals surface area contributed by atoms with Crippen LogP contribution in [-0.2, 0) is 21.4 Å². The number of ether oxygens (including phenoxy) is 1. The normalized spacial score (nSPS) is 15.4. The number of carboxylic acids is 1. The van der Waals surface area contributed by atoms with Gasteiger partial charge in [-0.15, -0.1) is 11.3 Å². The van der Waals surface area contributed by atoms with Crippen molar-refractivity contribution in [3.63, 3.8) is 0 Å². The lowest BCUT2D eigenvalue weighted by molar-refractivity contribution is -0.145. The second kappa shape index (κ2) is 8.40. The average Bonchev–Trinajstić information content (AvgIpc) is 3.41. The molecule has 1 N–H and O–H groups in total. The number of fused-ring (bicyclic) bond motifs is 1. The molecule has 4 rings (SSSR count). The van der Waals surface area contributed by atoms with Gasteiger partial charge in [0.2, 0.25) is 5.89 Å².